The van der Waals surface area contributed by atoms with Gasteiger partial charge >= 0.3 is 39.5 Å². The lowest BCUT2D eigenvalue weighted by molar-refractivity contribution is -0.161. The first kappa shape index (κ1) is 90.1. The number of phosphoric acid groups is 2. The predicted molar refractivity (Wildman–Crippen MR) is 372 cm³/mol. The molecule has 0 aromatic rings. The summed E-state index contributed by atoms with van der Waals surface area (Å²) < 4.78 is 68.4. The molecule has 0 heterocycles. The maximum Gasteiger partial charge on any atom is 0.472 e. The van der Waals surface area contributed by atoms with Crippen molar-refractivity contribution in [3.8, 4) is 0 Å². The standard InChI is InChI=1S/C73H142O17P2/c1-7-10-12-14-16-18-20-21-25-29-32-36-43-49-55-70(75)83-61-68(89-73(78)58-52-46-38-34-30-26-23-22-24-28-31-35-42-48-54-66(6)9-3)63-87-91(79,80)85-59-67(74)60-86-92(81,82)88-64-69(62-84-71(76)56-50-44-40-39-41-47-53-65(4)5)90-72(77)57-51-45-37-33-27-19-17-15-13-11-8-2/h65-69,74H,7-64H2,1-6H3,(H,79,80)(H,81,82)/t66?,67-,68-,69-/m1/s1. The molecule has 6 atom stereocenters. The fourth-order valence-electron chi connectivity index (χ4n) is 11.1. The van der Waals surface area contributed by atoms with Gasteiger partial charge in [0.25, 0.3) is 0 Å². The molecular formula is C73H142O17P2. The van der Waals surface area contributed by atoms with Crippen molar-refractivity contribution in [1.29, 1.82) is 0 Å². The number of ether oxygens (including phenoxy) is 4. The molecule has 0 aromatic carbocycles. The number of hydrogen-bond acceptors (Lipinski definition) is 15. The molecule has 0 radical (unpaired) electrons. The molecule has 3 unspecified atom stereocenters. The monoisotopic (exact) mass is 1350 g/mol. The molecule has 0 aliphatic carbocycles. The van der Waals surface area contributed by atoms with Gasteiger partial charge in [-0.15, -0.1) is 0 Å². The summed E-state index contributed by atoms with van der Waals surface area (Å²) in [5, 5.41) is 10.6. The highest BCUT2D eigenvalue weighted by molar-refractivity contribution is 7.47. The Bertz CT molecular complexity index is 1790. The molecule has 0 spiro atoms. The second kappa shape index (κ2) is 65.0. The number of hydrogen-bond donors (Lipinski definition) is 3. The smallest absolute Gasteiger partial charge is 0.462 e. The Balaban J connectivity index is 5.23. The number of aliphatic hydroxyl groups excluding tert-OH is 1. The SMILES string of the molecule is CCCCCCCCCCCCCCCCC(=O)OC[C@H](COP(=O)(O)OC[C@@H](O)COP(=O)(O)OC[C@@H](COC(=O)CCCCCCCCC(C)C)OC(=O)CCCCCCCCCCCCC)OC(=O)CCCCCCCCCCCCCCCCC(C)CC. The van der Waals surface area contributed by atoms with Gasteiger partial charge in [0.1, 0.15) is 19.3 Å². The molecule has 0 saturated carbocycles. The molecule has 19 heteroatoms. The van der Waals surface area contributed by atoms with Crippen LogP contribution in [0.4, 0.5) is 0 Å². The number of carbonyl (C=O) groups excluding carboxylic acids is 4. The molecule has 0 saturated heterocycles. The summed E-state index contributed by atoms with van der Waals surface area (Å²) >= 11 is 0. The number of carbonyl (C=O) groups is 4. The van der Waals surface area contributed by atoms with Crippen molar-refractivity contribution in [3.05, 3.63) is 0 Å². The first-order valence-corrected chi connectivity index (χ1v) is 41.0. The maximum atomic E-state index is 13.1. The van der Waals surface area contributed by atoms with Gasteiger partial charge in [-0.05, 0) is 37.5 Å². The molecular weight excluding hydrogens is 1210 g/mol. The van der Waals surface area contributed by atoms with E-state index in [0.29, 0.717) is 31.6 Å². The van der Waals surface area contributed by atoms with Gasteiger partial charge in [0.05, 0.1) is 26.4 Å². The summed E-state index contributed by atoms with van der Waals surface area (Å²) in [6.45, 7) is 9.54. The van der Waals surface area contributed by atoms with E-state index in [2.05, 4.69) is 41.5 Å². The van der Waals surface area contributed by atoms with Crippen molar-refractivity contribution in [2.24, 2.45) is 11.8 Å². The normalized spacial score (nSPS) is 14.4. The van der Waals surface area contributed by atoms with Crippen LogP contribution in [0, 0.1) is 11.8 Å². The van der Waals surface area contributed by atoms with Crippen LogP contribution in [-0.4, -0.2) is 96.7 Å². The summed E-state index contributed by atoms with van der Waals surface area (Å²) in [5.74, 6) is -0.595. The van der Waals surface area contributed by atoms with Crippen molar-refractivity contribution in [2.75, 3.05) is 39.6 Å². The van der Waals surface area contributed by atoms with E-state index in [-0.39, 0.29) is 25.7 Å². The van der Waals surface area contributed by atoms with Gasteiger partial charge in [-0.2, -0.15) is 0 Å². The van der Waals surface area contributed by atoms with Crippen LogP contribution in [0.25, 0.3) is 0 Å². The van der Waals surface area contributed by atoms with Crippen LogP contribution in [0.1, 0.15) is 375 Å². The van der Waals surface area contributed by atoms with Crippen LogP contribution < -0.4 is 0 Å². The minimum Gasteiger partial charge on any atom is -0.462 e. The lowest BCUT2D eigenvalue weighted by Crippen LogP contribution is -2.30. The Morgan fingerprint density at radius 1 is 0.315 bits per heavy atom. The zero-order chi connectivity index (χ0) is 67.9. The van der Waals surface area contributed by atoms with Crippen molar-refractivity contribution < 1.29 is 80.2 Å². The number of esters is 4. The second-order valence-electron chi connectivity index (χ2n) is 27.1. The first-order valence-electron chi connectivity index (χ1n) is 38.0. The summed E-state index contributed by atoms with van der Waals surface area (Å²) in [6.07, 6.45) is 51.3. The van der Waals surface area contributed by atoms with Gasteiger partial charge in [-0.25, -0.2) is 9.13 Å². The largest absolute Gasteiger partial charge is 0.472 e. The Morgan fingerprint density at radius 2 is 0.554 bits per heavy atom. The maximum absolute atomic E-state index is 13.1. The summed E-state index contributed by atoms with van der Waals surface area (Å²) in [6, 6.07) is 0. The molecule has 546 valence electrons. The minimum absolute atomic E-state index is 0.106. The fraction of sp³-hybridized carbons (Fsp3) is 0.945. The van der Waals surface area contributed by atoms with Crippen molar-refractivity contribution in [2.45, 2.75) is 394 Å². The Kier molecular flexibility index (Phi) is 63.7. The van der Waals surface area contributed by atoms with Crippen LogP contribution in [0.2, 0.25) is 0 Å². The highest BCUT2D eigenvalue weighted by Crippen LogP contribution is 2.45. The van der Waals surface area contributed by atoms with E-state index in [0.717, 1.165) is 102 Å². The van der Waals surface area contributed by atoms with E-state index in [1.807, 2.05) is 0 Å². The molecule has 0 aliphatic rings. The molecule has 92 heavy (non-hydrogen) atoms. The fourth-order valence-corrected chi connectivity index (χ4v) is 12.7. The second-order valence-corrected chi connectivity index (χ2v) is 30.0. The molecule has 0 rings (SSSR count). The third kappa shape index (κ3) is 65.4. The summed E-state index contributed by atoms with van der Waals surface area (Å²) in [4.78, 5) is 72.6. The van der Waals surface area contributed by atoms with Gasteiger partial charge in [0.2, 0.25) is 0 Å². The highest BCUT2D eigenvalue weighted by Gasteiger charge is 2.30. The van der Waals surface area contributed by atoms with Crippen LogP contribution in [0.15, 0.2) is 0 Å². The van der Waals surface area contributed by atoms with Gasteiger partial charge in [0, 0.05) is 25.7 Å². The minimum atomic E-state index is -4.95. The third-order valence-corrected chi connectivity index (χ3v) is 19.2. The van der Waals surface area contributed by atoms with Crippen molar-refractivity contribution >= 4 is 39.5 Å². The number of rotatable bonds is 72. The van der Waals surface area contributed by atoms with E-state index in [4.69, 9.17) is 37.0 Å². The lowest BCUT2D eigenvalue weighted by Gasteiger charge is -2.21. The highest BCUT2D eigenvalue weighted by atomic mass is 31.2. The van der Waals surface area contributed by atoms with Crippen LogP contribution in [0.3, 0.4) is 0 Å². The Labute approximate surface area is 562 Å². The molecule has 0 amide bonds. The van der Waals surface area contributed by atoms with Crippen LogP contribution in [-0.2, 0) is 65.4 Å². The number of phosphoric ester groups is 2. The first-order chi connectivity index (χ1) is 44.4. The third-order valence-electron chi connectivity index (χ3n) is 17.3. The molecule has 17 nitrogen and oxygen atoms in total. The molecule has 0 aromatic heterocycles. The average molecular weight is 1350 g/mol. The molecule has 0 bridgehead atoms. The number of aliphatic hydroxyl groups is 1. The van der Waals surface area contributed by atoms with Crippen molar-refractivity contribution in [3.63, 3.8) is 0 Å². The van der Waals surface area contributed by atoms with E-state index in [1.165, 1.54) is 186 Å². The molecule has 3 N–H and O–H groups in total. The molecule has 0 aliphatic heterocycles. The summed E-state index contributed by atoms with van der Waals surface area (Å²) in [7, 11) is -9.90. The van der Waals surface area contributed by atoms with Crippen molar-refractivity contribution in [1.82, 2.24) is 0 Å². The van der Waals surface area contributed by atoms with Gasteiger partial charge in [-0.1, -0.05) is 324 Å². The van der Waals surface area contributed by atoms with Gasteiger partial charge < -0.3 is 33.8 Å². The van der Waals surface area contributed by atoms with Crippen LogP contribution in [0.5, 0.6) is 0 Å². The average Bonchev–Trinajstić information content (AvgIpc) is 1.73. The zero-order valence-electron chi connectivity index (χ0n) is 59.9. The predicted octanol–water partition coefficient (Wildman–Crippen LogP) is 21.2. The lowest BCUT2D eigenvalue weighted by atomic mass is 9.99. The van der Waals surface area contributed by atoms with E-state index in [1.54, 1.807) is 0 Å². The van der Waals surface area contributed by atoms with Gasteiger partial charge in [-0.3, -0.25) is 37.3 Å². The quantitative estimate of drug-likeness (QED) is 0.0222. The summed E-state index contributed by atoms with van der Waals surface area (Å²) in [5.41, 5.74) is 0. The zero-order valence-corrected chi connectivity index (χ0v) is 61.6. The van der Waals surface area contributed by atoms with E-state index in [9.17, 15) is 43.2 Å². The van der Waals surface area contributed by atoms with E-state index >= 15 is 0 Å². The Morgan fingerprint density at radius 3 is 0.826 bits per heavy atom. The molecule has 0 fully saturated rings. The number of unbranched alkanes of at least 4 members (excludes halogenated alkanes) is 41. The van der Waals surface area contributed by atoms with Crippen LogP contribution >= 0.6 is 15.6 Å². The van der Waals surface area contributed by atoms with E-state index < -0.39 is 97.5 Å². The Hall–Kier alpha value is -1.94. The van der Waals surface area contributed by atoms with Gasteiger partial charge in [0.15, 0.2) is 12.2 Å². The topological polar surface area (TPSA) is 237 Å².